The van der Waals surface area contributed by atoms with E-state index >= 15 is 0 Å². The Morgan fingerprint density at radius 1 is 1.22 bits per heavy atom. The molecule has 0 radical (unpaired) electrons. The quantitative estimate of drug-likeness (QED) is 0.561. The highest BCUT2D eigenvalue weighted by Crippen LogP contribution is 2.36. The lowest BCUT2D eigenvalue weighted by atomic mass is 10.1. The minimum absolute atomic E-state index is 0.0301. The first-order chi connectivity index (χ1) is 13.1. The largest absolute Gasteiger partial charge is 0.376 e. The number of carbonyl (C=O) groups excluding carboxylic acids is 1. The Labute approximate surface area is 166 Å². The average Bonchev–Trinajstić information content (AvgIpc) is 3.31. The van der Waals surface area contributed by atoms with Gasteiger partial charge in [0.1, 0.15) is 10.7 Å². The van der Waals surface area contributed by atoms with Gasteiger partial charge in [0.2, 0.25) is 0 Å². The Morgan fingerprint density at radius 2 is 2.00 bits per heavy atom. The summed E-state index contributed by atoms with van der Waals surface area (Å²) in [5, 5.41) is 1.39. The van der Waals surface area contributed by atoms with Crippen LogP contribution < -0.4 is 0 Å². The van der Waals surface area contributed by atoms with Gasteiger partial charge in [-0.2, -0.15) is 0 Å². The maximum absolute atomic E-state index is 13.3. The van der Waals surface area contributed by atoms with Crippen molar-refractivity contribution in [3.63, 3.8) is 0 Å². The third kappa shape index (κ3) is 4.00. The van der Waals surface area contributed by atoms with E-state index in [2.05, 4.69) is 0 Å². The van der Waals surface area contributed by atoms with Gasteiger partial charge in [0.25, 0.3) is 5.91 Å². The standard InChI is InChI=1S/C21H19ClFNO2S/c22-19-17-5-1-2-6-18(17)27-20(19)21(25)24(13-16-4-3-11-26-16)12-14-7-9-15(23)10-8-14/h1-2,5-10,16H,3-4,11-13H2. The van der Waals surface area contributed by atoms with Crippen LogP contribution in [0.25, 0.3) is 10.1 Å². The SMILES string of the molecule is O=C(c1sc2ccccc2c1Cl)N(Cc1ccc(F)cc1)CC1CCCO1. The molecule has 6 heteroatoms. The van der Waals surface area contributed by atoms with Crippen molar-refractivity contribution in [3.8, 4) is 0 Å². The van der Waals surface area contributed by atoms with Gasteiger partial charge < -0.3 is 9.64 Å². The van der Waals surface area contributed by atoms with E-state index < -0.39 is 0 Å². The molecule has 1 amide bonds. The molecule has 3 nitrogen and oxygen atoms in total. The van der Waals surface area contributed by atoms with E-state index in [0.29, 0.717) is 23.0 Å². The van der Waals surface area contributed by atoms with Gasteiger partial charge >= 0.3 is 0 Å². The fraction of sp³-hybridized carbons (Fsp3) is 0.286. The van der Waals surface area contributed by atoms with E-state index in [0.717, 1.165) is 35.1 Å². The van der Waals surface area contributed by atoms with Gasteiger partial charge in [-0.25, -0.2) is 4.39 Å². The molecule has 1 saturated heterocycles. The summed E-state index contributed by atoms with van der Waals surface area (Å²) in [7, 11) is 0. The number of halogens is 2. The molecule has 0 bridgehead atoms. The van der Waals surface area contributed by atoms with Gasteiger partial charge in [0.05, 0.1) is 11.1 Å². The summed E-state index contributed by atoms with van der Waals surface area (Å²) in [6, 6.07) is 14.0. The molecule has 4 rings (SSSR count). The topological polar surface area (TPSA) is 29.5 Å². The van der Waals surface area contributed by atoms with Crippen LogP contribution in [0.2, 0.25) is 5.02 Å². The molecular formula is C21H19ClFNO2S. The highest BCUT2D eigenvalue weighted by Gasteiger charge is 2.27. The number of rotatable bonds is 5. The second kappa shape index (κ2) is 7.97. The van der Waals surface area contributed by atoms with Gasteiger partial charge in [-0.1, -0.05) is 41.9 Å². The number of amides is 1. The van der Waals surface area contributed by atoms with Crippen molar-refractivity contribution < 1.29 is 13.9 Å². The van der Waals surface area contributed by atoms with Crippen LogP contribution in [0.5, 0.6) is 0 Å². The Balaban J connectivity index is 1.64. The van der Waals surface area contributed by atoms with Crippen LogP contribution in [0.3, 0.4) is 0 Å². The van der Waals surface area contributed by atoms with Gasteiger partial charge in [-0.05, 0) is 36.6 Å². The van der Waals surface area contributed by atoms with E-state index in [1.165, 1.54) is 23.5 Å². The summed E-state index contributed by atoms with van der Waals surface area (Å²) in [5.74, 6) is -0.399. The number of hydrogen-bond donors (Lipinski definition) is 0. The molecule has 1 fully saturated rings. The minimum Gasteiger partial charge on any atom is -0.376 e. The number of fused-ring (bicyclic) bond motifs is 1. The first-order valence-corrected chi connectivity index (χ1v) is 10.1. The van der Waals surface area contributed by atoms with Crippen LogP contribution in [0.15, 0.2) is 48.5 Å². The second-order valence-corrected chi connectivity index (χ2v) is 8.12. The number of hydrogen-bond acceptors (Lipinski definition) is 3. The van der Waals surface area contributed by atoms with Crippen molar-refractivity contribution in [2.75, 3.05) is 13.2 Å². The molecule has 2 aromatic carbocycles. The maximum Gasteiger partial charge on any atom is 0.265 e. The number of benzene rings is 2. The van der Waals surface area contributed by atoms with Gasteiger partial charge in [0.15, 0.2) is 0 Å². The summed E-state index contributed by atoms with van der Waals surface area (Å²) in [5.41, 5.74) is 0.875. The predicted molar refractivity (Wildman–Crippen MR) is 107 cm³/mol. The van der Waals surface area contributed by atoms with E-state index in [-0.39, 0.29) is 17.8 Å². The molecule has 0 saturated carbocycles. The first-order valence-electron chi connectivity index (χ1n) is 8.94. The van der Waals surface area contributed by atoms with Crippen molar-refractivity contribution >= 4 is 38.9 Å². The Bertz CT molecular complexity index is 950. The zero-order valence-corrected chi connectivity index (χ0v) is 16.2. The van der Waals surface area contributed by atoms with E-state index in [1.54, 1.807) is 17.0 Å². The molecule has 0 N–H and O–H groups in total. The third-order valence-electron chi connectivity index (χ3n) is 4.75. The lowest BCUT2D eigenvalue weighted by molar-refractivity contribution is 0.0511. The summed E-state index contributed by atoms with van der Waals surface area (Å²) in [6.45, 7) is 1.62. The molecule has 1 aromatic heterocycles. The summed E-state index contributed by atoms with van der Waals surface area (Å²) in [4.78, 5) is 15.6. The van der Waals surface area contributed by atoms with Gasteiger partial charge in [0, 0.05) is 29.8 Å². The summed E-state index contributed by atoms with van der Waals surface area (Å²) < 4.78 is 20.0. The molecule has 0 aliphatic carbocycles. The fourth-order valence-corrected chi connectivity index (χ4v) is 4.84. The summed E-state index contributed by atoms with van der Waals surface area (Å²) >= 11 is 7.93. The van der Waals surface area contributed by atoms with Gasteiger partial charge in [-0.15, -0.1) is 11.3 Å². The van der Waals surface area contributed by atoms with E-state index in [4.69, 9.17) is 16.3 Å². The maximum atomic E-state index is 13.3. The number of ether oxygens (including phenoxy) is 1. The minimum atomic E-state index is -0.289. The van der Waals surface area contributed by atoms with Crippen molar-refractivity contribution in [3.05, 3.63) is 69.8 Å². The van der Waals surface area contributed by atoms with Crippen LogP contribution in [0, 0.1) is 5.82 Å². The van der Waals surface area contributed by atoms with Crippen molar-refractivity contribution in [1.82, 2.24) is 4.90 Å². The van der Waals surface area contributed by atoms with Gasteiger partial charge in [-0.3, -0.25) is 4.79 Å². The Kier molecular flexibility index (Phi) is 5.43. The molecule has 1 aliphatic heterocycles. The van der Waals surface area contributed by atoms with E-state index in [9.17, 15) is 9.18 Å². The van der Waals surface area contributed by atoms with Crippen LogP contribution in [0.4, 0.5) is 4.39 Å². The van der Waals surface area contributed by atoms with Crippen LogP contribution >= 0.6 is 22.9 Å². The first kappa shape index (κ1) is 18.4. The number of nitrogens with zero attached hydrogens (tertiary/aromatic N) is 1. The molecule has 0 spiro atoms. The highest BCUT2D eigenvalue weighted by molar-refractivity contribution is 7.21. The molecular weight excluding hydrogens is 385 g/mol. The van der Waals surface area contributed by atoms with E-state index in [1.807, 2.05) is 24.3 Å². The molecule has 27 heavy (non-hydrogen) atoms. The molecule has 2 heterocycles. The average molecular weight is 404 g/mol. The van der Waals surface area contributed by atoms with Crippen LogP contribution in [0.1, 0.15) is 28.1 Å². The molecule has 1 unspecified atom stereocenters. The van der Waals surface area contributed by atoms with Crippen LogP contribution in [-0.4, -0.2) is 30.1 Å². The van der Waals surface area contributed by atoms with Crippen molar-refractivity contribution in [2.24, 2.45) is 0 Å². The lowest BCUT2D eigenvalue weighted by Gasteiger charge is -2.25. The summed E-state index contributed by atoms with van der Waals surface area (Å²) in [6.07, 6.45) is 1.97. The molecule has 1 aliphatic rings. The zero-order valence-electron chi connectivity index (χ0n) is 14.7. The fourth-order valence-electron chi connectivity index (χ4n) is 3.36. The lowest BCUT2D eigenvalue weighted by Crippen LogP contribution is -2.36. The highest BCUT2D eigenvalue weighted by atomic mass is 35.5. The second-order valence-electron chi connectivity index (χ2n) is 6.69. The molecule has 1 atom stereocenters. The zero-order chi connectivity index (χ0) is 18.8. The monoisotopic (exact) mass is 403 g/mol. The normalized spacial score (nSPS) is 16.7. The molecule has 3 aromatic rings. The number of carbonyl (C=O) groups is 1. The Morgan fingerprint density at radius 3 is 2.70 bits per heavy atom. The van der Waals surface area contributed by atoms with Crippen molar-refractivity contribution in [2.45, 2.75) is 25.5 Å². The predicted octanol–water partition coefficient (Wildman–Crippen LogP) is 5.52. The Hall–Kier alpha value is -1.95. The van der Waals surface area contributed by atoms with Crippen molar-refractivity contribution in [1.29, 1.82) is 0 Å². The number of thiophene rings is 1. The van der Waals surface area contributed by atoms with Crippen LogP contribution in [-0.2, 0) is 11.3 Å². The molecule has 140 valence electrons. The smallest absolute Gasteiger partial charge is 0.265 e. The third-order valence-corrected chi connectivity index (χ3v) is 6.41.